The third kappa shape index (κ3) is 3.06. The predicted octanol–water partition coefficient (Wildman–Crippen LogP) is 6.03. The van der Waals surface area contributed by atoms with Gasteiger partial charge < -0.3 is 9.67 Å². The summed E-state index contributed by atoms with van der Waals surface area (Å²) in [5, 5.41) is 10.7. The van der Waals surface area contributed by atoms with E-state index in [2.05, 4.69) is 4.98 Å². The molecule has 2 aromatic heterocycles. The second-order valence-corrected chi connectivity index (χ2v) is 8.18. The lowest BCUT2D eigenvalue weighted by molar-refractivity contribution is -0.137. The summed E-state index contributed by atoms with van der Waals surface area (Å²) in [5.41, 5.74) is 3.92. The van der Waals surface area contributed by atoms with E-state index >= 15 is 0 Å². The number of halogens is 3. The Morgan fingerprint density at radius 2 is 1.87 bits per heavy atom. The van der Waals surface area contributed by atoms with Crippen LogP contribution in [0.2, 0.25) is 0 Å². The molecule has 0 radical (unpaired) electrons. The Kier molecular flexibility index (Phi) is 5.27. The number of aliphatic carboxylic acids is 1. The van der Waals surface area contributed by atoms with Crippen molar-refractivity contribution in [2.24, 2.45) is 0 Å². The van der Waals surface area contributed by atoms with E-state index in [0.717, 1.165) is 22.0 Å². The third-order valence-electron chi connectivity index (χ3n) is 5.41. The fourth-order valence-electron chi connectivity index (χ4n) is 4.05. The molecule has 156 valence electrons. The number of aryl methyl sites for hydroxylation is 1. The van der Waals surface area contributed by atoms with Crippen LogP contribution in [-0.2, 0) is 31.4 Å². The van der Waals surface area contributed by atoms with Gasteiger partial charge >= 0.3 is 5.97 Å². The van der Waals surface area contributed by atoms with Crippen molar-refractivity contribution in [1.82, 2.24) is 9.55 Å². The molecule has 0 bridgehead atoms. The number of nitrogens with zero attached hydrogens (tertiary/aromatic N) is 2. The van der Waals surface area contributed by atoms with Gasteiger partial charge in [0.2, 0.25) is 0 Å². The van der Waals surface area contributed by atoms with Gasteiger partial charge in [0.15, 0.2) is 0 Å². The minimum absolute atomic E-state index is 0.107. The van der Waals surface area contributed by atoms with Crippen LogP contribution in [0.4, 0.5) is 13.2 Å². The molecule has 0 atom stereocenters. The molecule has 4 nitrogen and oxygen atoms in total. The number of hydrogen-bond acceptors (Lipinski definition) is 3. The Labute approximate surface area is 174 Å². The van der Waals surface area contributed by atoms with E-state index in [1.54, 1.807) is 4.57 Å². The number of para-hydroxylation sites is 1. The van der Waals surface area contributed by atoms with Crippen molar-refractivity contribution in [1.29, 1.82) is 0 Å². The first-order chi connectivity index (χ1) is 14.4. The van der Waals surface area contributed by atoms with Gasteiger partial charge in [-0.1, -0.05) is 18.2 Å². The summed E-state index contributed by atoms with van der Waals surface area (Å²) < 4.78 is 43.0. The van der Waals surface area contributed by atoms with Gasteiger partial charge in [-0.25, -0.2) is 18.2 Å². The Bertz CT molecular complexity index is 1290. The summed E-state index contributed by atoms with van der Waals surface area (Å²) in [6.45, 7) is 0.892. The normalized spacial score (nSPS) is 11.6. The Morgan fingerprint density at radius 3 is 2.50 bits per heavy atom. The van der Waals surface area contributed by atoms with Crippen LogP contribution >= 0.6 is 11.3 Å². The highest BCUT2D eigenvalue weighted by Gasteiger charge is 2.23. The summed E-state index contributed by atoms with van der Waals surface area (Å²) in [7, 11) is 0. The number of alkyl halides is 3. The molecule has 8 heteroatoms. The molecule has 0 fully saturated rings. The zero-order valence-electron chi connectivity index (χ0n) is 16.4. The van der Waals surface area contributed by atoms with Crippen molar-refractivity contribution in [2.45, 2.75) is 40.4 Å². The van der Waals surface area contributed by atoms with Crippen molar-refractivity contribution >= 4 is 38.4 Å². The van der Waals surface area contributed by atoms with Gasteiger partial charge in [0.25, 0.3) is 0 Å². The maximum Gasteiger partial charge on any atom is 0.323 e. The van der Waals surface area contributed by atoms with E-state index in [-0.39, 0.29) is 28.8 Å². The summed E-state index contributed by atoms with van der Waals surface area (Å²) in [5.74, 6) is -0.971. The molecule has 30 heavy (non-hydrogen) atoms. The van der Waals surface area contributed by atoms with Crippen molar-refractivity contribution in [3.63, 3.8) is 0 Å². The van der Waals surface area contributed by atoms with E-state index in [0.29, 0.717) is 15.4 Å². The standard InChI is InChI=1S/C22H19F3N2O2S/c1-11-4-3-5-15-18(12(2)27(20(11)15)10-17(28)29)22-26-19-16(9-25)13(7-23)6-14(8-24)21(19)30-22/h3-6H,7-10H2,1-2H3,(H,28,29). The summed E-state index contributed by atoms with van der Waals surface area (Å²) in [6.07, 6.45) is 0. The van der Waals surface area contributed by atoms with Gasteiger partial charge in [0.05, 0.1) is 15.7 Å². The summed E-state index contributed by atoms with van der Waals surface area (Å²) >= 11 is 1.22. The van der Waals surface area contributed by atoms with Crippen LogP contribution in [0.25, 0.3) is 31.7 Å². The molecule has 0 aliphatic rings. The largest absolute Gasteiger partial charge is 0.480 e. The first kappa shape index (κ1) is 20.4. The Balaban J connectivity index is 2.07. The number of hydrogen-bond donors (Lipinski definition) is 1. The maximum atomic E-state index is 13.7. The average molecular weight is 432 g/mol. The summed E-state index contributed by atoms with van der Waals surface area (Å²) in [6, 6.07) is 7.02. The van der Waals surface area contributed by atoms with E-state index < -0.39 is 26.0 Å². The van der Waals surface area contributed by atoms with Gasteiger partial charge in [-0.3, -0.25) is 4.79 Å². The number of thiazole rings is 1. The van der Waals surface area contributed by atoms with Crippen LogP contribution in [0, 0.1) is 13.8 Å². The van der Waals surface area contributed by atoms with Crippen molar-refractivity contribution < 1.29 is 23.1 Å². The molecule has 0 amide bonds. The number of aromatic nitrogens is 2. The molecule has 0 spiro atoms. The van der Waals surface area contributed by atoms with Crippen molar-refractivity contribution in [3.8, 4) is 10.6 Å². The second kappa shape index (κ2) is 7.75. The topological polar surface area (TPSA) is 55.1 Å². The fraction of sp³-hybridized carbons (Fsp3) is 0.273. The number of fused-ring (bicyclic) bond motifs is 2. The molecule has 1 N–H and O–H groups in total. The van der Waals surface area contributed by atoms with E-state index in [1.165, 1.54) is 17.4 Å². The lowest BCUT2D eigenvalue weighted by atomic mass is 10.0. The van der Waals surface area contributed by atoms with Crippen LogP contribution in [0.15, 0.2) is 24.3 Å². The molecular weight excluding hydrogens is 413 g/mol. The number of rotatable bonds is 6. The number of carbonyl (C=O) groups is 1. The molecule has 0 saturated carbocycles. The zero-order valence-corrected chi connectivity index (χ0v) is 17.2. The monoisotopic (exact) mass is 432 g/mol. The fourth-order valence-corrected chi connectivity index (χ4v) is 5.25. The quantitative estimate of drug-likeness (QED) is 0.405. The average Bonchev–Trinajstić information content (AvgIpc) is 3.26. The molecule has 0 aliphatic carbocycles. The molecule has 4 rings (SSSR count). The molecule has 4 aromatic rings. The van der Waals surface area contributed by atoms with Crippen LogP contribution in [-0.4, -0.2) is 20.6 Å². The van der Waals surface area contributed by atoms with Crippen LogP contribution in [0.5, 0.6) is 0 Å². The molecule has 0 aliphatic heterocycles. The lowest BCUT2D eigenvalue weighted by Gasteiger charge is -2.06. The number of benzene rings is 2. The molecule has 0 saturated heterocycles. The first-order valence-electron chi connectivity index (χ1n) is 9.33. The molecule has 2 aromatic carbocycles. The number of carboxylic acids is 1. The minimum Gasteiger partial charge on any atom is -0.480 e. The highest BCUT2D eigenvalue weighted by atomic mass is 32.1. The van der Waals surface area contributed by atoms with Crippen LogP contribution in [0.1, 0.15) is 27.9 Å². The SMILES string of the molecule is Cc1cccc2c(-c3nc4c(CF)c(CF)cc(CF)c4s3)c(C)n(CC(=O)O)c12. The van der Waals surface area contributed by atoms with Gasteiger partial charge in [-0.05, 0) is 31.0 Å². The zero-order chi connectivity index (χ0) is 21.6. The van der Waals surface area contributed by atoms with Crippen molar-refractivity contribution in [3.05, 3.63) is 52.2 Å². The highest BCUT2D eigenvalue weighted by Crippen LogP contribution is 2.42. The maximum absolute atomic E-state index is 13.7. The van der Waals surface area contributed by atoms with Gasteiger partial charge in [0, 0.05) is 27.8 Å². The van der Waals surface area contributed by atoms with E-state index in [4.69, 9.17) is 0 Å². The molecule has 2 heterocycles. The van der Waals surface area contributed by atoms with Crippen molar-refractivity contribution in [2.75, 3.05) is 0 Å². The van der Waals surface area contributed by atoms with E-state index in [9.17, 15) is 23.1 Å². The second-order valence-electron chi connectivity index (χ2n) is 7.18. The smallest absolute Gasteiger partial charge is 0.323 e. The van der Waals surface area contributed by atoms with Crippen LogP contribution in [0.3, 0.4) is 0 Å². The predicted molar refractivity (Wildman–Crippen MR) is 112 cm³/mol. The van der Waals surface area contributed by atoms with Gasteiger partial charge in [0.1, 0.15) is 31.6 Å². The van der Waals surface area contributed by atoms with Gasteiger partial charge in [-0.15, -0.1) is 11.3 Å². The Hall–Kier alpha value is -2.87. The van der Waals surface area contributed by atoms with Gasteiger partial charge in [-0.2, -0.15) is 0 Å². The van der Waals surface area contributed by atoms with Crippen LogP contribution < -0.4 is 0 Å². The summed E-state index contributed by atoms with van der Waals surface area (Å²) in [4.78, 5) is 16.0. The Morgan fingerprint density at radius 1 is 1.13 bits per heavy atom. The molecular formula is C22H19F3N2O2S. The lowest BCUT2D eigenvalue weighted by Crippen LogP contribution is -2.10. The highest BCUT2D eigenvalue weighted by molar-refractivity contribution is 7.22. The molecule has 0 unspecified atom stereocenters. The number of carboxylic acid groups (broad SMARTS) is 1. The third-order valence-corrected chi connectivity index (χ3v) is 6.56. The minimum atomic E-state index is -0.971. The van der Waals surface area contributed by atoms with E-state index in [1.807, 2.05) is 32.0 Å². The first-order valence-corrected chi connectivity index (χ1v) is 10.2.